The Bertz CT molecular complexity index is 1080. The third-order valence-corrected chi connectivity index (χ3v) is 4.28. The van der Waals surface area contributed by atoms with Crippen LogP contribution in [0.15, 0.2) is 47.3 Å². The van der Waals surface area contributed by atoms with Crippen LogP contribution in [-0.4, -0.2) is 40.3 Å². The van der Waals surface area contributed by atoms with Gasteiger partial charge in [-0.2, -0.15) is 5.10 Å². The zero-order valence-corrected chi connectivity index (χ0v) is 15.8. The molecule has 26 heavy (non-hydrogen) atoms. The number of hydrogen-bond acceptors (Lipinski definition) is 6. The number of aromatic nitrogens is 4. The molecule has 0 spiro atoms. The van der Waals surface area contributed by atoms with E-state index in [1.165, 1.54) is 10.9 Å². The number of carbonyl (C=O) groups excluding carboxylic acids is 1. The fraction of sp³-hybridized carbons (Fsp3) is 0.0667. The highest BCUT2D eigenvalue weighted by molar-refractivity contribution is 9.10. The smallest absolute Gasteiger partial charge is 0.252 e. The lowest BCUT2D eigenvalue weighted by atomic mass is 10.1. The van der Waals surface area contributed by atoms with Crippen LogP contribution in [0.5, 0.6) is 0 Å². The van der Waals surface area contributed by atoms with E-state index >= 15 is 0 Å². The third kappa shape index (κ3) is 4.06. The van der Waals surface area contributed by atoms with Gasteiger partial charge in [0.15, 0.2) is 0 Å². The van der Waals surface area contributed by atoms with Crippen molar-refractivity contribution in [3.63, 3.8) is 0 Å². The lowest BCUT2D eigenvalue weighted by Crippen LogP contribution is -2.11. The number of benzene rings is 1. The molecule has 3 N–H and O–H groups in total. The summed E-state index contributed by atoms with van der Waals surface area (Å²) >= 11 is 3.32. The average molecular weight is 437 g/mol. The van der Waals surface area contributed by atoms with E-state index in [2.05, 4.69) is 35.7 Å². The molecule has 0 bridgehead atoms. The van der Waals surface area contributed by atoms with Gasteiger partial charge in [-0.1, -0.05) is 15.9 Å². The van der Waals surface area contributed by atoms with Crippen LogP contribution in [0.2, 0.25) is 0 Å². The van der Waals surface area contributed by atoms with Gasteiger partial charge in [-0.3, -0.25) is 9.52 Å². The summed E-state index contributed by atoms with van der Waals surface area (Å²) in [5.74, 6) is -0.412. The summed E-state index contributed by atoms with van der Waals surface area (Å²) < 4.78 is 27.3. The number of carbonyl (C=O) groups is 1. The van der Waals surface area contributed by atoms with Crippen molar-refractivity contribution in [1.29, 1.82) is 0 Å². The summed E-state index contributed by atoms with van der Waals surface area (Å²) in [5.41, 5.74) is 6.71. The van der Waals surface area contributed by atoms with Crippen LogP contribution in [0.25, 0.3) is 17.2 Å². The van der Waals surface area contributed by atoms with Gasteiger partial charge in [-0.25, -0.2) is 23.1 Å². The molecule has 0 aliphatic carbocycles. The van der Waals surface area contributed by atoms with Crippen LogP contribution in [0.4, 0.5) is 5.69 Å². The molecule has 1 aromatic carbocycles. The Morgan fingerprint density at radius 3 is 2.54 bits per heavy atom. The van der Waals surface area contributed by atoms with E-state index in [4.69, 9.17) is 5.73 Å². The van der Waals surface area contributed by atoms with Crippen molar-refractivity contribution >= 4 is 37.5 Å². The zero-order valence-electron chi connectivity index (χ0n) is 13.4. The third-order valence-electron chi connectivity index (χ3n) is 3.21. The number of nitrogens with one attached hydrogen (secondary N) is 1. The first-order valence-electron chi connectivity index (χ1n) is 7.18. The number of primary amides is 1. The quantitative estimate of drug-likeness (QED) is 0.623. The molecule has 3 rings (SSSR count). The molecule has 0 atom stereocenters. The largest absolute Gasteiger partial charge is 0.365 e. The van der Waals surface area contributed by atoms with Gasteiger partial charge >= 0.3 is 0 Å². The molecule has 9 nitrogen and oxygen atoms in total. The molecular weight excluding hydrogens is 424 g/mol. The molecule has 1 amide bonds. The number of halogens is 1. The maximum atomic E-state index is 11.8. The molecule has 3 aromatic rings. The van der Waals surface area contributed by atoms with Gasteiger partial charge in [0.05, 0.1) is 17.5 Å². The fourth-order valence-electron chi connectivity index (χ4n) is 2.28. The molecule has 0 saturated heterocycles. The van der Waals surface area contributed by atoms with Gasteiger partial charge in [0.1, 0.15) is 5.69 Å². The Labute approximate surface area is 157 Å². The van der Waals surface area contributed by atoms with E-state index in [-0.39, 0.29) is 17.2 Å². The van der Waals surface area contributed by atoms with E-state index in [1.807, 2.05) is 0 Å². The number of rotatable bonds is 5. The molecule has 2 aromatic heterocycles. The summed E-state index contributed by atoms with van der Waals surface area (Å²) in [5, 5.41) is 4.34. The topological polar surface area (TPSA) is 133 Å². The normalized spacial score (nSPS) is 11.3. The fourth-order valence-corrected chi connectivity index (χ4v) is 3.32. The molecule has 0 radical (unpaired) electrons. The minimum Gasteiger partial charge on any atom is -0.365 e. The lowest BCUT2D eigenvalue weighted by Gasteiger charge is -2.07. The average Bonchev–Trinajstić information content (AvgIpc) is 2.99. The second-order valence-corrected chi connectivity index (χ2v) is 8.02. The highest BCUT2D eigenvalue weighted by Gasteiger charge is 2.18. The van der Waals surface area contributed by atoms with Crippen LogP contribution in [-0.2, 0) is 10.0 Å². The van der Waals surface area contributed by atoms with Gasteiger partial charge in [-0.05, 0) is 24.3 Å². The van der Waals surface area contributed by atoms with Gasteiger partial charge in [0.25, 0.3) is 5.91 Å². The van der Waals surface area contributed by atoms with Gasteiger partial charge in [0.2, 0.25) is 16.0 Å². The minimum absolute atomic E-state index is 0.154. The molecule has 0 unspecified atom stereocenters. The molecule has 11 heteroatoms. The minimum atomic E-state index is -3.47. The van der Waals surface area contributed by atoms with E-state index in [9.17, 15) is 13.2 Å². The summed E-state index contributed by atoms with van der Waals surface area (Å²) in [7, 11) is -3.47. The maximum Gasteiger partial charge on any atom is 0.252 e. The number of sulfonamides is 1. The molecule has 0 aliphatic rings. The van der Waals surface area contributed by atoms with Crippen LogP contribution in [0, 0.1) is 0 Å². The van der Waals surface area contributed by atoms with Crippen LogP contribution in [0.3, 0.4) is 0 Å². The van der Waals surface area contributed by atoms with Crippen LogP contribution < -0.4 is 10.5 Å². The first-order valence-corrected chi connectivity index (χ1v) is 9.87. The standard InChI is InChI=1S/C15H13BrN6O3S/c1-26(24,25)21-11-6-9(5-10(16)7-11)13-12(14(17)23)8-22(20-13)15-18-3-2-4-19-15/h2-8,21H,1H3,(H2,17,23). The highest BCUT2D eigenvalue weighted by Crippen LogP contribution is 2.29. The SMILES string of the molecule is CS(=O)(=O)Nc1cc(Br)cc(-c2nn(-c3ncccn3)cc2C(N)=O)c1. The van der Waals surface area contributed by atoms with Crippen molar-refractivity contribution in [2.45, 2.75) is 0 Å². The Kier molecular flexibility index (Phi) is 4.74. The summed E-state index contributed by atoms with van der Waals surface area (Å²) in [6, 6.07) is 6.49. The monoisotopic (exact) mass is 436 g/mol. The maximum absolute atomic E-state index is 11.8. The summed E-state index contributed by atoms with van der Waals surface area (Å²) in [4.78, 5) is 20.0. The molecule has 0 aliphatic heterocycles. The second kappa shape index (κ2) is 6.84. The molecule has 0 saturated carbocycles. The molecule has 134 valence electrons. The molecular formula is C15H13BrN6O3S. The highest BCUT2D eigenvalue weighted by atomic mass is 79.9. The predicted molar refractivity (Wildman–Crippen MR) is 99.3 cm³/mol. The Balaban J connectivity index is 2.14. The van der Waals surface area contributed by atoms with E-state index in [0.717, 1.165) is 6.26 Å². The molecule has 0 fully saturated rings. The van der Waals surface area contributed by atoms with Crippen molar-refractivity contribution in [2.24, 2.45) is 5.73 Å². The van der Waals surface area contributed by atoms with Gasteiger partial charge < -0.3 is 5.73 Å². The van der Waals surface area contributed by atoms with E-state index < -0.39 is 15.9 Å². The summed E-state index contributed by atoms with van der Waals surface area (Å²) in [6.45, 7) is 0. The van der Waals surface area contributed by atoms with Gasteiger partial charge in [-0.15, -0.1) is 0 Å². The van der Waals surface area contributed by atoms with Crippen molar-refractivity contribution in [2.75, 3.05) is 11.0 Å². The Morgan fingerprint density at radius 1 is 1.23 bits per heavy atom. The van der Waals surface area contributed by atoms with E-state index in [0.29, 0.717) is 15.7 Å². The zero-order chi connectivity index (χ0) is 18.9. The van der Waals surface area contributed by atoms with Crippen molar-refractivity contribution in [3.8, 4) is 17.2 Å². The van der Waals surface area contributed by atoms with Crippen LogP contribution >= 0.6 is 15.9 Å². The number of nitrogens with zero attached hydrogens (tertiary/aromatic N) is 4. The number of amides is 1. The van der Waals surface area contributed by atoms with Crippen molar-refractivity contribution < 1.29 is 13.2 Å². The first kappa shape index (κ1) is 18.0. The summed E-state index contributed by atoms with van der Waals surface area (Å²) in [6.07, 6.45) is 5.56. The van der Waals surface area contributed by atoms with Gasteiger partial charge in [0, 0.05) is 28.6 Å². The Morgan fingerprint density at radius 2 is 1.92 bits per heavy atom. The lowest BCUT2D eigenvalue weighted by molar-refractivity contribution is 0.100. The number of nitrogens with two attached hydrogens (primary N) is 1. The van der Waals surface area contributed by atoms with E-state index in [1.54, 1.807) is 36.7 Å². The van der Waals surface area contributed by atoms with Crippen molar-refractivity contribution in [1.82, 2.24) is 19.7 Å². The number of hydrogen-bond donors (Lipinski definition) is 2. The predicted octanol–water partition coefficient (Wildman–Crippen LogP) is 1.56. The first-order chi connectivity index (χ1) is 12.2. The number of anilines is 1. The van der Waals surface area contributed by atoms with Crippen molar-refractivity contribution in [3.05, 3.63) is 52.9 Å². The van der Waals surface area contributed by atoms with Crippen LogP contribution in [0.1, 0.15) is 10.4 Å². The molecule has 2 heterocycles. The Hall–Kier alpha value is -2.79. The second-order valence-electron chi connectivity index (χ2n) is 5.35.